The van der Waals surface area contributed by atoms with Crippen LogP contribution in [-0.4, -0.2) is 45.5 Å². The van der Waals surface area contributed by atoms with Crippen LogP contribution in [0.2, 0.25) is 5.02 Å². The van der Waals surface area contributed by atoms with Gasteiger partial charge in [-0.05, 0) is 68.1 Å². The van der Waals surface area contributed by atoms with Crippen molar-refractivity contribution in [2.75, 3.05) is 20.2 Å². The van der Waals surface area contributed by atoms with Crippen LogP contribution in [0.25, 0.3) is 0 Å². The number of ether oxygens (including phenoxy) is 1. The van der Waals surface area contributed by atoms with E-state index in [-0.39, 0.29) is 27.4 Å². The number of rotatable bonds is 8. The van der Waals surface area contributed by atoms with Crippen LogP contribution in [-0.2, 0) is 10.0 Å². The van der Waals surface area contributed by atoms with Crippen LogP contribution in [0.1, 0.15) is 34.3 Å². The lowest BCUT2D eigenvalue weighted by atomic mass is 10.1. The molecular weight excluding hydrogens is 412 g/mol. The summed E-state index contributed by atoms with van der Waals surface area (Å²) < 4.78 is 33.3. The minimum atomic E-state index is -3.75. The molecule has 0 bridgehead atoms. The molecule has 1 aliphatic rings. The molecular formula is C21H25ClN2O4S. The van der Waals surface area contributed by atoms with E-state index in [0.29, 0.717) is 13.2 Å². The molecule has 8 heteroatoms. The Morgan fingerprint density at radius 1 is 1.17 bits per heavy atom. The van der Waals surface area contributed by atoms with Gasteiger partial charge in [0.1, 0.15) is 17.3 Å². The highest BCUT2D eigenvalue weighted by molar-refractivity contribution is 7.89. The first-order valence-electron chi connectivity index (χ1n) is 9.44. The zero-order valence-corrected chi connectivity index (χ0v) is 18.3. The van der Waals surface area contributed by atoms with Crippen LogP contribution >= 0.6 is 11.6 Å². The highest BCUT2D eigenvalue weighted by Crippen LogP contribution is 2.27. The van der Waals surface area contributed by atoms with Crippen molar-refractivity contribution in [1.82, 2.24) is 9.62 Å². The number of nitrogens with zero attached hydrogens (tertiary/aromatic N) is 1. The van der Waals surface area contributed by atoms with Crippen LogP contribution in [0.5, 0.6) is 5.75 Å². The predicted molar refractivity (Wildman–Crippen MR) is 113 cm³/mol. The van der Waals surface area contributed by atoms with Gasteiger partial charge in [-0.2, -0.15) is 0 Å². The van der Waals surface area contributed by atoms with Gasteiger partial charge >= 0.3 is 0 Å². The molecule has 1 fully saturated rings. The maximum Gasteiger partial charge on any atom is 0.253 e. The van der Waals surface area contributed by atoms with E-state index in [1.165, 1.54) is 23.1 Å². The molecule has 0 radical (unpaired) electrons. The molecule has 6 nitrogen and oxygen atoms in total. The van der Waals surface area contributed by atoms with E-state index in [2.05, 4.69) is 10.8 Å². The Morgan fingerprint density at radius 2 is 1.83 bits per heavy atom. The number of halogens is 1. The van der Waals surface area contributed by atoms with Crippen molar-refractivity contribution < 1.29 is 17.9 Å². The minimum Gasteiger partial charge on any atom is -0.492 e. The number of likely N-dealkylation sites (N-methyl/N-ethyl adjacent to an activating group) is 1. The van der Waals surface area contributed by atoms with Gasteiger partial charge in [0.15, 0.2) is 0 Å². The summed E-state index contributed by atoms with van der Waals surface area (Å²) >= 11 is 6.08. The first-order chi connectivity index (χ1) is 13.7. The maximum atomic E-state index is 12.7. The Balaban J connectivity index is 1.65. The third-order valence-corrected chi connectivity index (χ3v) is 6.61. The SMILES string of the molecule is Cc1cc(C)cc(OCCN(C)C(=O)c2ccc(Cl)c(S(=O)(=O)NC3CC3)c2)c1. The van der Waals surface area contributed by atoms with Crippen molar-refractivity contribution >= 4 is 27.5 Å². The van der Waals surface area contributed by atoms with Crippen LogP contribution in [0.4, 0.5) is 0 Å². The molecule has 2 aromatic carbocycles. The molecule has 0 atom stereocenters. The molecule has 1 aliphatic carbocycles. The predicted octanol–water partition coefficient (Wildman–Crippen LogP) is 3.55. The number of benzene rings is 2. The summed E-state index contributed by atoms with van der Waals surface area (Å²) in [4.78, 5) is 14.2. The fourth-order valence-electron chi connectivity index (χ4n) is 2.97. The lowest BCUT2D eigenvalue weighted by Crippen LogP contribution is -2.31. The standard InChI is InChI=1S/C21H25ClN2O4S/c1-14-10-15(2)12-18(11-14)28-9-8-24(3)21(25)16-4-7-19(22)20(13-16)29(26,27)23-17-5-6-17/h4,7,10-13,17,23H,5-6,8-9H2,1-3H3. The van der Waals surface area contributed by atoms with Gasteiger partial charge < -0.3 is 9.64 Å². The Morgan fingerprint density at radius 3 is 2.45 bits per heavy atom. The average molecular weight is 437 g/mol. The molecule has 156 valence electrons. The summed E-state index contributed by atoms with van der Waals surface area (Å²) in [6.45, 7) is 4.68. The highest BCUT2D eigenvalue weighted by Gasteiger charge is 2.30. The lowest BCUT2D eigenvalue weighted by molar-refractivity contribution is 0.0773. The average Bonchev–Trinajstić information content (AvgIpc) is 3.43. The Bertz CT molecular complexity index is 999. The van der Waals surface area contributed by atoms with E-state index in [9.17, 15) is 13.2 Å². The number of nitrogens with one attached hydrogen (secondary N) is 1. The monoisotopic (exact) mass is 436 g/mol. The molecule has 2 aromatic rings. The summed E-state index contributed by atoms with van der Waals surface area (Å²) in [7, 11) is -2.10. The number of carbonyl (C=O) groups excluding carboxylic acids is 1. The molecule has 1 amide bonds. The first-order valence-corrected chi connectivity index (χ1v) is 11.3. The van der Waals surface area contributed by atoms with E-state index < -0.39 is 10.0 Å². The molecule has 0 unspecified atom stereocenters. The van der Waals surface area contributed by atoms with E-state index in [0.717, 1.165) is 29.7 Å². The molecule has 0 aromatic heterocycles. The molecule has 0 aliphatic heterocycles. The quantitative estimate of drug-likeness (QED) is 0.686. The van der Waals surface area contributed by atoms with Gasteiger partial charge in [-0.3, -0.25) is 4.79 Å². The smallest absolute Gasteiger partial charge is 0.253 e. The zero-order chi connectivity index (χ0) is 21.2. The first kappa shape index (κ1) is 21.6. The summed E-state index contributed by atoms with van der Waals surface area (Å²) in [6, 6.07) is 10.2. The highest BCUT2D eigenvalue weighted by atomic mass is 35.5. The second-order valence-electron chi connectivity index (χ2n) is 7.44. The lowest BCUT2D eigenvalue weighted by Gasteiger charge is -2.18. The molecule has 29 heavy (non-hydrogen) atoms. The van der Waals surface area contributed by atoms with Crippen LogP contribution in [0.15, 0.2) is 41.3 Å². The summed E-state index contributed by atoms with van der Waals surface area (Å²) in [5, 5.41) is 0.0931. The van der Waals surface area contributed by atoms with Gasteiger partial charge in [0.05, 0.1) is 11.6 Å². The number of aryl methyl sites for hydroxylation is 2. The third kappa shape index (κ3) is 5.72. The van der Waals surface area contributed by atoms with Crippen molar-refractivity contribution in [1.29, 1.82) is 0 Å². The Labute approximate surface area is 176 Å². The fourth-order valence-corrected chi connectivity index (χ4v) is 4.80. The van der Waals surface area contributed by atoms with Gasteiger partial charge in [0, 0.05) is 18.7 Å². The van der Waals surface area contributed by atoms with Gasteiger partial charge in [0.2, 0.25) is 10.0 Å². The largest absolute Gasteiger partial charge is 0.492 e. The van der Waals surface area contributed by atoms with Crippen molar-refractivity contribution in [3.63, 3.8) is 0 Å². The molecule has 1 saturated carbocycles. The van der Waals surface area contributed by atoms with Crippen molar-refractivity contribution in [2.45, 2.75) is 37.6 Å². The summed E-state index contributed by atoms with van der Waals surface area (Å²) in [5.41, 5.74) is 2.48. The number of amides is 1. The van der Waals surface area contributed by atoms with Gasteiger partial charge in [0.25, 0.3) is 5.91 Å². The van der Waals surface area contributed by atoms with Crippen LogP contribution in [0.3, 0.4) is 0 Å². The molecule has 3 rings (SSSR count). The van der Waals surface area contributed by atoms with Crippen LogP contribution in [0, 0.1) is 13.8 Å². The molecule has 1 N–H and O–H groups in total. The number of carbonyl (C=O) groups is 1. The summed E-state index contributed by atoms with van der Waals surface area (Å²) in [6.07, 6.45) is 1.64. The molecule has 0 spiro atoms. The Kier molecular flexibility index (Phi) is 6.51. The van der Waals surface area contributed by atoms with E-state index in [1.54, 1.807) is 7.05 Å². The zero-order valence-electron chi connectivity index (χ0n) is 16.7. The molecule has 0 heterocycles. The Hall–Kier alpha value is -2.09. The van der Waals surface area contributed by atoms with Crippen molar-refractivity contribution in [3.8, 4) is 5.75 Å². The second kappa shape index (κ2) is 8.73. The normalized spacial score (nSPS) is 13.9. The van der Waals surface area contributed by atoms with Crippen LogP contribution < -0.4 is 9.46 Å². The van der Waals surface area contributed by atoms with Gasteiger partial charge in [-0.25, -0.2) is 13.1 Å². The van der Waals surface area contributed by atoms with Crippen molar-refractivity contribution in [2.24, 2.45) is 0 Å². The van der Waals surface area contributed by atoms with E-state index in [1.807, 2.05) is 26.0 Å². The van der Waals surface area contributed by atoms with E-state index in [4.69, 9.17) is 16.3 Å². The maximum absolute atomic E-state index is 12.7. The fraction of sp³-hybridized carbons (Fsp3) is 0.381. The summed E-state index contributed by atoms with van der Waals surface area (Å²) in [5.74, 6) is 0.461. The second-order valence-corrected chi connectivity index (χ2v) is 9.53. The number of hydrogen-bond acceptors (Lipinski definition) is 4. The third-order valence-electron chi connectivity index (χ3n) is 4.60. The van der Waals surface area contributed by atoms with E-state index >= 15 is 0 Å². The number of sulfonamides is 1. The van der Waals surface area contributed by atoms with Crippen molar-refractivity contribution in [3.05, 3.63) is 58.1 Å². The molecule has 0 saturated heterocycles. The topological polar surface area (TPSA) is 75.7 Å². The van der Waals surface area contributed by atoms with Gasteiger partial charge in [-0.1, -0.05) is 17.7 Å². The minimum absolute atomic E-state index is 0.0412. The van der Waals surface area contributed by atoms with Gasteiger partial charge in [-0.15, -0.1) is 0 Å². The number of hydrogen-bond donors (Lipinski definition) is 1.